The van der Waals surface area contributed by atoms with Crippen LogP contribution in [0.1, 0.15) is 44.1 Å². The number of aromatic nitrogens is 1. The molecule has 2 N–H and O–H groups in total. The zero-order valence-electron chi connectivity index (χ0n) is 11.8. The third-order valence-corrected chi connectivity index (χ3v) is 3.31. The molecule has 0 aliphatic carbocycles. The van der Waals surface area contributed by atoms with E-state index in [9.17, 15) is 9.90 Å². The van der Waals surface area contributed by atoms with Gasteiger partial charge in [0, 0.05) is 17.2 Å². The number of aryl methyl sites for hydroxylation is 1. The fourth-order valence-corrected chi connectivity index (χ4v) is 2.56. The van der Waals surface area contributed by atoms with Crippen molar-refractivity contribution in [3.63, 3.8) is 0 Å². The summed E-state index contributed by atoms with van der Waals surface area (Å²) >= 11 is 3.39. The van der Waals surface area contributed by atoms with E-state index in [1.54, 1.807) is 0 Å². The fraction of sp³-hybridized carbons (Fsp3) is 0.643. The van der Waals surface area contributed by atoms with Crippen LogP contribution >= 0.6 is 15.9 Å². The Morgan fingerprint density at radius 2 is 2.21 bits per heavy atom. The van der Waals surface area contributed by atoms with E-state index in [1.165, 1.54) is 0 Å². The summed E-state index contributed by atoms with van der Waals surface area (Å²) in [7, 11) is 0. The number of aliphatic hydroxyl groups excluding tert-OH is 1. The molecule has 0 radical (unpaired) electrons. The van der Waals surface area contributed by atoms with Gasteiger partial charge in [-0.05, 0) is 40.8 Å². The summed E-state index contributed by atoms with van der Waals surface area (Å²) in [6.07, 6.45) is 3.66. The van der Waals surface area contributed by atoms with Crippen LogP contribution in [0.15, 0.2) is 16.7 Å². The van der Waals surface area contributed by atoms with Gasteiger partial charge in [0.05, 0.1) is 12.6 Å². The monoisotopic (exact) mass is 330 g/mol. The Balaban J connectivity index is 2.76. The summed E-state index contributed by atoms with van der Waals surface area (Å²) in [6.45, 7) is 7.00. The standard InChI is InChI=1S/C14H23BrN2O2/c1-4-5-17-8-11(15)7-13(17)14(19)16-12(9-18)6-10(2)3/h7-8,10,12,18H,4-6,9H2,1-3H3,(H,16,19). The molecule has 0 saturated carbocycles. The molecule has 0 aliphatic heterocycles. The topological polar surface area (TPSA) is 54.3 Å². The summed E-state index contributed by atoms with van der Waals surface area (Å²) < 4.78 is 2.83. The van der Waals surface area contributed by atoms with Crippen molar-refractivity contribution in [2.24, 2.45) is 5.92 Å². The highest BCUT2D eigenvalue weighted by molar-refractivity contribution is 9.10. The van der Waals surface area contributed by atoms with Crippen molar-refractivity contribution < 1.29 is 9.90 Å². The number of amides is 1. The summed E-state index contributed by atoms with van der Waals surface area (Å²) in [5.74, 6) is 0.311. The third-order valence-electron chi connectivity index (χ3n) is 2.87. The average Bonchev–Trinajstić information content (AvgIpc) is 2.69. The van der Waals surface area contributed by atoms with E-state index in [0.717, 1.165) is 23.9 Å². The van der Waals surface area contributed by atoms with Crippen molar-refractivity contribution in [2.75, 3.05) is 6.61 Å². The average molecular weight is 331 g/mol. The molecule has 1 amide bonds. The normalized spacial score (nSPS) is 12.7. The first-order chi connectivity index (χ1) is 8.97. The Hall–Kier alpha value is -0.810. The highest BCUT2D eigenvalue weighted by atomic mass is 79.9. The van der Waals surface area contributed by atoms with Gasteiger partial charge in [0.15, 0.2) is 0 Å². The second kappa shape index (κ2) is 7.70. The summed E-state index contributed by atoms with van der Waals surface area (Å²) in [5, 5.41) is 12.2. The minimum absolute atomic E-state index is 0.0282. The molecule has 108 valence electrons. The molecule has 1 atom stereocenters. The Morgan fingerprint density at radius 3 is 2.74 bits per heavy atom. The molecule has 0 saturated heterocycles. The molecule has 19 heavy (non-hydrogen) atoms. The van der Waals surface area contributed by atoms with Crippen LogP contribution < -0.4 is 5.32 Å². The maximum atomic E-state index is 12.2. The number of rotatable bonds is 7. The Kier molecular flexibility index (Phi) is 6.58. The van der Waals surface area contributed by atoms with Gasteiger partial charge in [-0.25, -0.2) is 0 Å². The van der Waals surface area contributed by atoms with Crippen molar-refractivity contribution >= 4 is 21.8 Å². The highest BCUT2D eigenvalue weighted by Crippen LogP contribution is 2.16. The predicted molar refractivity (Wildman–Crippen MR) is 80.2 cm³/mol. The van der Waals surface area contributed by atoms with E-state index in [1.807, 2.05) is 16.8 Å². The minimum atomic E-state index is -0.184. The van der Waals surface area contributed by atoms with Crippen LogP contribution in [0.5, 0.6) is 0 Å². The number of halogens is 1. The van der Waals surface area contributed by atoms with Gasteiger partial charge in [0.25, 0.3) is 5.91 Å². The number of aliphatic hydroxyl groups is 1. The molecule has 1 aromatic rings. The lowest BCUT2D eigenvalue weighted by molar-refractivity contribution is 0.0899. The maximum absolute atomic E-state index is 12.2. The quantitative estimate of drug-likeness (QED) is 0.807. The second-order valence-electron chi connectivity index (χ2n) is 5.22. The van der Waals surface area contributed by atoms with Gasteiger partial charge in [-0.2, -0.15) is 0 Å². The van der Waals surface area contributed by atoms with Crippen LogP contribution in [0, 0.1) is 5.92 Å². The molecule has 1 heterocycles. The first-order valence-corrected chi connectivity index (χ1v) is 7.54. The van der Waals surface area contributed by atoms with Crippen LogP contribution in [0.4, 0.5) is 0 Å². The second-order valence-corrected chi connectivity index (χ2v) is 6.14. The number of carbonyl (C=O) groups excluding carboxylic acids is 1. The van der Waals surface area contributed by atoms with Crippen LogP contribution in [-0.2, 0) is 6.54 Å². The van der Waals surface area contributed by atoms with E-state index in [0.29, 0.717) is 11.6 Å². The number of hydrogen-bond donors (Lipinski definition) is 2. The van der Waals surface area contributed by atoms with E-state index in [2.05, 4.69) is 42.0 Å². The molecule has 4 nitrogen and oxygen atoms in total. The molecule has 1 aromatic heterocycles. The minimum Gasteiger partial charge on any atom is -0.394 e. The zero-order valence-corrected chi connectivity index (χ0v) is 13.4. The predicted octanol–water partition coefficient (Wildman–Crippen LogP) is 2.80. The van der Waals surface area contributed by atoms with E-state index in [4.69, 9.17) is 0 Å². The van der Waals surface area contributed by atoms with Gasteiger partial charge < -0.3 is 15.0 Å². The molecule has 0 aromatic carbocycles. The van der Waals surface area contributed by atoms with Gasteiger partial charge in [0.1, 0.15) is 5.69 Å². The molecule has 0 bridgehead atoms. The van der Waals surface area contributed by atoms with Crippen LogP contribution in [0.3, 0.4) is 0 Å². The summed E-state index contributed by atoms with van der Waals surface area (Å²) in [5.41, 5.74) is 0.635. The van der Waals surface area contributed by atoms with Gasteiger partial charge >= 0.3 is 0 Å². The molecule has 0 aliphatic rings. The Morgan fingerprint density at radius 1 is 1.53 bits per heavy atom. The lowest BCUT2D eigenvalue weighted by atomic mass is 10.0. The third kappa shape index (κ3) is 4.99. The maximum Gasteiger partial charge on any atom is 0.268 e. The molecular weight excluding hydrogens is 308 g/mol. The molecule has 0 fully saturated rings. The largest absolute Gasteiger partial charge is 0.394 e. The van der Waals surface area contributed by atoms with Crippen LogP contribution in [-0.4, -0.2) is 28.2 Å². The van der Waals surface area contributed by atoms with E-state index in [-0.39, 0.29) is 18.6 Å². The molecule has 1 rings (SSSR count). The Bertz CT molecular complexity index is 416. The molecule has 5 heteroatoms. The Labute approximate surface area is 123 Å². The summed E-state index contributed by atoms with van der Waals surface area (Å²) in [6, 6.07) is 1.63. The van der Waals surface area contributed by atoms with Crippen LogP contribution in [0.25, 0.3) is 0 Å². The van der Waals surface area contributed by atoms with Crippen molar-refractivity contribution in [2.45, 2.75) is 46.2 Å². The number of nitrogens with zero attached hydrogens (tertiary/aromatic N) is 1. The molecule has 0 spiro atoms. The fourth-order valence-electron chi connectivity index (χ4n) is 2.10. The van der Waals surface area contributed by atoms with Crippen LogP contribution in [0.2, 0.25) is 0 Å². The summed E-state index contributed by atoms with van der Waals surface area (Å²) in [4.78, 5) is 12.2. The number of nitrogens with one attached hydrogen (secondary N) is 1. The van der Waals surface area contributed by atoms with Gasteiger partial charge in [-0.15, -0.1) is 0 Å². The molecule has 1 unspecified atom stereocenters. The number of hydrogen-bond acceptors (Lipinski definition) is 2. The van der Waals surface area contributed by atoms with E-state index >= 15 is 0 Å². The van der Waals surface area contributed by atoms with E-state index < -0.39 is 0 Å². The first-order valence-electron chi connectivity index (χ1n) is 6.75. The number of carbonyl (C=O) groups is 1. The SMILES string of the molecule is CCCn1cc(Br)cc1C(=O)NC(CO)CC(C)C. The highest BCUT2D eigenvalue weighted by Gasteiger charge is 2.17. The van der Waals surface area contributed by atoms with Gasteiger partial charge in [0.2, 0.25) is 0 Å². The first kappa shape index (κ1) is 16.2. The smallest absolute Gasteiger partial charge is 0.268 e. The molecular formula is C14H23BrN2O2. The van der Waals surface area contributed by atoms with Gasteiger partial charge in [-0.3, -0.25) is 4.79 Å². The van der Waals surface area contributed by atoms with Crippen molar-refractivity contribution in [1.29, 1.82) is 0 Å². The van der Waals surface area contributed by atoms with Crippen molar-refractivity contribution in [1.82, 2.24) is 9.88 Å². The van der Waals surface area contributed by atoms with Gasteiger partial charge in [-0.1, -0.05) is 20.8 Å². The van der Waals surface area contributed by atoms with Crippen molar-refractivity contribution in [3.8, 4) is 0 Å². The lowest BCUT2D eigenvalue weighted by Crippen LogP contribution is -2.39. The lowest BCUT2D eigenvalue weighted by Gasteiger charge is -2.18. The zero-order chi connectivity index (χ0) is 14.4. The van der Waals surface area contributed by atoms with Crippen molar-refractivity contribution in [3.05, 3.63) is 22.4 Å².